The predicted octanol–water partition coefficient (Wildman–Crippen LogP) is 2.33. The summed E-state index contributed by atoms with van der Waals surface area (Å²) >= 11 is 0. The number of rotatable bonds is 9. The number of hydrogen-bond acceptors (Lipinski definition) is 4. The van der Waals surface area contributed by atoms with Crippen LogP contribution >= 0.6 is 0 Å². The maximum absolute atomic E-state index is 12.3. The fourth-order valence-electron chi connectivity index (χ4n) is 1.91. The van der Waals surface area contributed by atoms with Crippen molar-refractivity contribution in [2.45, 2.75) is 6.42 Å². The Bertz CT molecular complexity index is 674. The molecule has 0 bridgehead atoms. The molecule has 124 valence electrons. The number of carbonyl (C=O) groups excluding carboxylic acids is 1. The predicted molar refractivity (Wildman–Crippen MR) is 92.1 cm³/mol. The average molecular weight is 325 g/mol. The van der Waals surface area contributed by atoms with E-state index in [2.05, 4.69) is 18.5 Å². The molecule has 0 fully saturated rings. The lowest BCUT2D eigenvalue weighted by molar-refractivity contribution is -0.136. The van der Waals surface area contributed by atoms with Crippen LogP contribution in [0.3, 0.4) is 0 Å². The Labute approximate surface area is 141 Å². The summed E-state index contributed by atoms with van der Waals surface area (Å²) in [6.07, 6.45) is 4.42. The van der Waals surface area contributed by atoms with Crippen molar-refractivity contribution in [3.63, 3.8) is 0 Å². The average Bonchev–Trinajstić information content (AvgIpc) is 2.56. The minimum Gasteiger partial charge on any atom is -0.481 e. The van der Waals surface area contributed by atoms with Gasteiger partial charge in [0.25, 0.3) is 5.91 Å². The van der Waals surface area contributed by atoms with Gasteiger partial charge in [-0.2, -0.15) is 5.26 Å². The number of carbonyl (C=O) groups is 2. The van der Waals surface area contributed by atoms with Gasteiger partial charge in [-0.15, -0.1) is 13.2 Å². The molecule has 6 heteroatoms. The van der Waals surface area contributed by atoms with Crippen LogP contribution < -0.4 is 5.32 Å². The van der Waals surface area contributed by atoms with Gasteiger partial charge in [-0.25, -0.2) is 0 Å². The van der Waals surface area contributed by atoms with E-state index in [1.165, 1.54) is 11.1 Å². The van der Waals surface area contributed by atoms with Crippen molar-refractivity contribution in [1.29, 1.82) is 5.26 Å². The highest BCUT2D eigenvalue weighted by Gasteiger charge is 2.15. The first-order valence-electron chi connectivity index (χ1n) is 7.20. The minimum absolute atomic E-state index is 0.0479. The molecule has 0 spiro atoms. The van der Waals surface area contributed by atoms with E-state index < -0.39 is 11.9 Å². The van der Waals surface area contributed by atoms with Gasteiger partial charge in [-0.1, -0.05) is 24.3 Å². The number of nitriles is 1. The van der Waals surface area contributed by atoms with E-state index in [-0.39, 0.29) is 12.0 Å². The second kappa shape index (κ2) is 9.64. The number of aliphatic carboxylic acids is 1. The molecule has 1 aromatic carbocycles. The Balaban J connectivity index is 2.83. The van der Waals surface area contributed by atoms with E-state index in [0.717, 1.165) is 0 Å². The summed E-state index contributed by atoms with van der Waals surface area (Å²) in [4.78, 5) is 24.4. The molecule has 0 heterocycles. The number of anilines is 1. The van der Waals surface area contributed by atoms with Gasteiger partial charge in [0, 0.05) is 25.0 Å². The van der Waals surface area contributed by atoms with E-state index in [1.807, 2.05) is 6.07 Å². The zero-order chi connectivity index (χ0) is 17.9. The maximum atomic E-state index is 12.3. The van der Waals surface area contributed by atoms with Gasteiger partial charge in [0.1, 0.15) is 11.6 Å². The number of carboxylic acid groups (broad SMARTS) is 1. The molecule has 0 saturated heterocycles. The first kappa shape index (κ1) is 18.7. The molecule has 0 aliphatic rings. The molecule has 0 aliphatic carbocycles. The molecule has 0 atom stereocenters. The second-order valence-corrected chi connectivity index (χ2v) is 4.87. The molecular formula is C18H19N3O3. The zero-order valence-electron chi connectivity index (χ0n) is 13.2. The normalized spacial score (nSPS) is 10.4. The summed E-state index contributed by atoms with van der Waals surface area (Å²) in [5, 5.41) is 20.8. The summed E-state index contributed by atoms with van der Waals surface area (Å²) in [6.45, 7) is 7.80. The Hall–Kier alpha value is -3.33. The van der Waals surface area contributed by atoms with E-state index in [1.54, 1.807) is 36.4 Å². The van der Waals surface area contributed by atoms with Gasteiger partial charge < -0.3 is 15.3 Å². The van der Waals surface area contributed by atoms with Gasteiger partial charge >= 0.3 is 5.97 Å². The van der Waals surface area contributed by atoms with E-state index >= 15 is 0 Å². The van der Waals surface area contributed by atoms with Crippen LogP contribution in [0.4, 0.5) is 5.69 Å². The largest absolute Gasteiger partial charge is 0.481 e. The highest BCUT2D eigenvalue weighted by atomic mass is 16.4. The van der Waals surface area contributed by atoms with Crippen molar-refractivity contribution in [2.75, 3.05) is 18.4 Å². The second-order valence-electron chi connectivity index (χ2n) is 4.87. The van der Waals surface area contributed by atoms with Crippen molar-refractivity contribution >= 4 is 17.6 Å². The van der Waals surface area contributed by atoms with Crippen molar-refractivity contribution < 1.29 is 14.7 Å². The third-order valence-corrected chi connectivity index (χ3v) is 3.03. The molecule has 1 rings (SSSR count). The van der Waals surface area contributed by atoms with Crippen LogP contribution in [0.5, 0.6) is 0 Å². The molecule has 6 nitrogen and oxygen atoms in total. The Morgan fingerprint density at radius 1 is 1.21 bits per heavy atom. The lowest BCUT2D eigenvalue weighted by atomic mass is 10.1. The molecule has 0 saturated carbocycles. The quantitative estimate of drug-likeness (QED) is 0.413. The van der Waals surface area contributed by atoms with Gasteiger partial charge in [0.2, 0.25) is 0 Å². The van der Waals surface area contributed by atoms with Crippen molar-refractivity contribution in [2.24, 2.45) is 0 Å². The van der Waals surface area contributed by atoms with Crippen LogP contribution in [-0.4, -0.2) is 35.0 Å². The summed E-state index contributed by atoms with van der Waals surface area (Å²) in [6, 6.07) is 8.56. The molecule has 1 amide bonds. The van der Waals surface area contributed by atoms with E-state index in [9.17, 15) is 14.9 Å². The van der Waals surface area contributed by atoms with Gasteiger partial charge in [0.15, 0.2) is 0 Å². The summed E-state index contributed by atoms with van der Waals surface area (Å²) in [5.74, 6) is -1.33. The highest BCUT2D eigenvalue weighted by molar-refractivity contribution is 5.97. The van der Waals surface area contributed by atoms with Crippen LogP contribution in [0.2, 0.25) is 0 Å². The fraction of sp³-hybridized carbons (Fsp3) is 0.167. The fourth-order valence-corrected chi connectivity index (χ4v) is 1.91. The summed E-state index contributed by atoms with van der Waals surface area (Å²) in [7, 11) is 0. The first-order chi connectivity index (χ1) is 11.5. The van der Waals surface area contributed by atoms with E-state index in [0.29, 0.717) is 24.3 Å². The zero-order valence-corrected chi connectivity index (χ0v) is 13.2. The number of benzene rings is 1. The molecule has 0 aromatic heterocycles. The number of hydrogen-bond donors (Lipinski definition) is 2. The van der Waals surface area contributed by atoms with Crippen LogP contribution in [0, 0.1) is 11.3 Å². The number of nitrogens with one attached hydrogen (secondary N) is 1. The first-order valence-corrected chi connectivity index (χ1v) is 7.20. The van der Waals surface area contributed by atoms with Crippen LogP contribution in [0.15, 0.2) is 61.3 Å². The number of amides is 1. The van der Waals surface area contributed by atoms with Crippen molar-refractivity contribution in [3.8, 4) is 6.07 Å². The Kier molecular flexibility index (Phi) is 7.52. The maximum Gasteiger partial charge on any atom is 0.307 e. The standard InChI is InChI=1S/C18H19N3O3/c1-3-9-21(10-4-2)18(24)15(12-19)13-20-16-7-5-14(6-8-16)11-17(22)23/h3-8,13,20H,1-2,9-11H2,(H,22,23)/b15-13-. The van der Waals surface area contributed by atoms with Gasteiger partial charge in [-0.05, 0) is 17.7 Å². The molecule has 0 unspecified atom stereocenters. The third kappa shape index (κ3) is 5.81. The monoisotopic (exact) mass is 325 g/mol. The summed E-state index contributed by atoms with van der Waals surface area (Å²) in [5.41, 5.74) is 1.26. The molecule has 2 N–H and O–H groups in total. The number of carboxylic acids is 1. The topological polar surface area (TPSA) is 93.4 Å². The molecule has 24 heavy (non-hydrogen) atoms. The van der Waals surface area contributed by atoms with Crippen molar-refractivity contribution in [1.82, 2.24) is 4.90 Å². The molecule has 1 aromatic rings. The molecule has 0 radical (unpaired) electrons. The highest BCUT2D eigenvalue weighted by Crippen LogP contribution is 2.11. The third-order valence-electron chi connectivity index (χ3n) is 3.03. The van der Waals surface area contributed by atoms with Gasteiger partial charge in [-0.3, -0.25) is 9.59 Å². The smallest absolute Gasteiger partial charge is 0.307 e. The van der Waals surface area contributed by atoms with Crippen LogP contribution in [0.1, 0.15) is 5.56 Å². The van der Waals surface area contributed by atoms with Crippen LogP contribution in [-0.2, 0) is 16.0 Å². The van der Waals surface area contributed by atoms with E-state index in [4.69, 9.17) is 5.11 Å². The lowest BCUT2D eigenvalue weighted by Crippen LogP contribution is -2.32. The minimum atomic E-state index is -0.905. The van der Waals surface area contributed by atoms with Crippen LogP contribution in [0.25, 0.3) is 0 Å². The lowest BCUT2D eigenvalue weighted by Gasteiger charge is -2.18. The van der Waals surface area contributed by atoms with Gasteiger partial charge in [0.05, 0.1) is 6.42 Å². The molecular weight excluding hydrogens is 306 g/mol. The Morgan fingerprint density at radius 3 is 2.25 bits per heavy atom. The summed E-state index contributed by atoms with van der Waals surface area (Å²) < 4.78 is 0. The molecule has 0 aliphatic heterocycles. The van der Waals surface area contributed by atoms with Crippen molar-refractivity contribution in [3.05, 3.63) is 66.9 Å². The SMILES string of the molecule is C=CCN(CC=C)C(=O)/C(C#N)=C\Nc1ccc(CC(=O)O)cc1. The number of nitrogens with zero attached hydrogens (tertiary/aromatic N) is 2. The Morgan fingerprint density at radius 2 is 1.79 bits per heavy atom.